The maximum atomic E-state index is 12.1. The summed E-state index contributed by atoms with van der Waals surface area (Å²) in [6.07, 6.45) is 7.11. The van der Waals surface area contributed by atoms with Crippen LogP contribution in [0.1, 0.15) is 27.7 Å². The standard InChI is InChI=1S/C12H16N4O2.C7H8N4O2.C5H9Br/c1-8(2)5-6-16-7-13-10-9(16)11(17)15(4)12(18)14(10)3;1-10-5-4(8-3-9-5)6(12)11(2)7(10)13;1-5(2)3-4-6/h5,7H,6H2,1-4H3;3H,1-2H3,(H,8,9);3H,4H2,1-2H3. The molecule has 0 radical (unpaired) electrons. The predicted octanol–water partition coefficient (Wildman–Crippen LogP) is 1.71. The third-order valence-electron chi connectivity index (χ3n) is 5.43. The number of hydrogen-bond donors (Lipinski definition) is 1. The highest BCUT2D eigenvalue weighted by molar-refractivity contribution is 9.09. The van der Waals surface area contributed by atoms with E-state index in [0.717, 1.165) is 14.5 Å². The van der Waals surface area contributed by atoms with E-state index in [1.54, 1.807) is 25.0 Å². The molecule has 12 nitrogen and oxygen atoms in total. The third kappa shape index (κ3) is 6.53. The lowest BCUT2D eigenvalue weighted by molar-refractivity contribution is 0.703. The Kier molecular flexibility index (Phi) is 9.95. The van der Waals surface area contributed by atoms with Crippen LogP contribution >= 0.6 is 15.9 Å². The molecule has 1 N–H and O–H groups in total. The van der Waals surface area contributed by atoms with E-state index < -0.39 is 0 Å². The Morgan fingerprint density at radius 2 is 1.35 bits per heavy atom. The Bertz CT molecular complexity index is 1700. The minimum atomic E-state index is -0.371. The van der Waals surface area contributed by atoms with Gasteiger partial charge in [-0.05, 0) is 27.7 Å². The van der Waals surface area contributed by atoms with Crippen molar-refractivity contribution < 1.29 is 0 Å². The van der Waals surface area contributed by atoms with E-state index in [-0.39, 0.29) is 22.5 Å². The third-order valence-corrected chi connectivity index (χ3v) is 5.75. The van der Waals surface area contributed by atoms with Crippen LogP contribution in [-0.4, -0.2) is 43.1 Å². The lowest BCUT2D eigenvalue weighted by atomic mass is 10.3. The lowest BCUT2D eigenvalue weighted by Gasteiger charge is -2.04. The Balaban J connectivity index is 0.000000221. The summed E-state index contributed by atoms with van der Waals surface area (Å²) >= 11 is 3.27. The van der Waals surface area contributed by atoms with Gasteiger partial charge in [-0.2, -0.15) is 0 Å². The fourth-order valence-electron chi connectivity index (χ4n) is 3.24. The Morgan fingerprint density at radius 1 is 0.811 bits per heavy atom. The van der Waals surface area contributed by atoms with Crippen molar-refractivity contribution in [3.8, 4) is 0 Å². The summed E-state index contributed by atoms with van der Waals surface area (Å²) < 4.78 is 6.61. The van der Waals surface area contributed by atoms with Gasteiger partial charge in [0, 0.05) is 40.1 Å². The number of fused-ring (bicyclic) bond motifs is 2. The minimum Gasteiger partial charge on any atom is -0.339 e. The first-order valence-corrected chi connectivity index (χ1v) is 12.5. The van der Waals surface area contributed by atoms with Gasteiger partial charge in [-0.25, -0.2) is 19.6 Å². The fourth-order valence-corrected chi connectivity index (χ4v) is 3.89. The van der Waals surface area contributed by atoms with E-state index in [4.69, 9.17) is 0 Å². The molecule has 0 bridgehead atoms. The van der Waals surface area contributed by atoms with E-state index in [2.05, 4.69) is 50.8 Å². The Morgan fingerprint density at radius 3 is 1.86 bits per heavy atom. The number of nitrogens with zero attached hydrogens (tertiary/aromatic N) is 7. The van der Waals surface area contributed by atoms with Gasteiger partial charge in [-0.1, -0.05) is 39.2 Å². The van der Waals surface area contributed by atoms with Gasteiger partial charge in [-0.3, -0.25) is 27.9 Å². The lowest BCUT2D eigenvalue weighted by Crippen LogP contribution is -2.37. The molecule has 0 aliphatic heterocycles. The van der Waals surface area contributed by atoms with Gasteiger partial charge in [0.05, 0.1) is 12.7 Å². The SMILES string of the molecule is CC(C)=CCBr.CC(C)=CCn1cnc2c1c(=O)n(C)c(=O)n2C.Cn1c(=O)c2[nH]cnc2n(C)c1=O. The molecular formula is C24H33BrN8O4. The van der Waals surface area contributed by atoms with Crippen LogP contribution in [0.25, 0.3) is 22.3 Å². The van der Waals surface area contributed by atoms with Crippen molar-refractivity contribution in [1.29, 1.82) is 0 Å². The summed E-state index contributed by atoms with van der Waals surface area (Å²) in [7, 11) is 6.10. The second kappa shape index (κ2) is 12.5. The highest BCUT2D eigenvalue weighted by atomic mass is 79.9. The van der Waals surface area contributed by atoms with Crippen molar-refractivity contribution in [3.05, 3.63) is 77.6 Å². The molecule has 0 atom stereocenters. The summed E-state index contributed by atoms with van der Waals surface area (Å²) in [6, 6.07) is 0. The largest absolute Gasteiger partial charge is 0.339 e. The van der Waals surface area contributed by atoms with E-state index in [1.807, 2.05) is 19.9 Å². The number of aromatic nitrogens is 8. The molecule has 4 rings (SSSR count). The average Bonchev–Trinajstić information content (AvgIpc) is 3.51. The average molecular weight is 577 g/mol. The number of aromatic amines is 1. The quantitative estimate of drug-likeness (QED) is 0.291. The first-order chi connectivity index (χ1) is 17.3. The number of nitrogens with one attached hydrogen (secondary N) is 1. The number of H-pyrrole nitrogens is 1. The van der Waals surface area contributed by atoms with Crippen LogP contribution in [0, 0.1) is 0 Å². The van der Waals surface area contributed by atoms with Gasteiger partial charge in [0.15, 0.2) is 16.8 Å². The number of halogens is 1. The van der Waals surface area contributed by atoms with Crippen LogP contribution in [0.5, 0.6) is 0 Å². The molecule has 4 heterocycles. The maximum absolute atomic E-state index is 12.1. The molecule has 0 aliphatic carbocycles. The van der Waals surface area contributed by atoms with Crippen LogP contribution in [0.2, 0.25) is 0 Å². The Labute approximate surface area is 221 Å². The highest BCUT2D eigenvalue weighted by Crippen LogP contribution is 2.06. The molecule has 0 saturated carbocycles. The van der Waals surface area contributed by atoms with E-state index in [0.29, 0.717) is 28.9 Å². The predicted molar refractivity (Wildman–Crippen MR) is 149 cm³/mol. The molecule has 0 spiro atoms. The molecule has 200 valence electrons. The van der Waals surface area contributed by atoms with Crippen LogP contribution in [0.15, 0.2) is 55.1 Å². The van der Waals surface area contributed by atoms with Crippen molar-refractivity contribution in [3.63, 3.8) is 0 Å². The fraction of sp³-hybridized carbons (Fsp3) is 0.417. The van der Waals surface area contributed by atoms with Gasteiger partial charge < -0.3 is 9.55 Å². The molecule has 0 aromatic carbocycles. The molecule has 37 heavy (non-hydrogen) atoms. The first kappa shape index (κ1) is 29.5. The van der Waals surface area contributed by atoms with Crippen LogP contribution < -0.4 is 22.5 Å². The van der Waals surface area contributed by atoms with Crippen LogP contribution in [-0.2, 0) is 34.7 Å². The minimum absolute atomic E-state index is 0.312. The zero-order valence-electron chi connectivity index (χ0n) is 22.4. The molecule has 4 aromatic heterocycles. The van der Waals surface area contributed by atoms with Crippen molar-refractivity contribution in [2.75, 3.05) is 5.33 Å². The van der Waals surface area contributed by atoms with Crippen molar-refractivity contribution in [2.45, 2.75) is 34.2 Å². The second-order valence-corrected chi connectivity index (χ2v) is 9.45. The topological polar surface area (TPSA) is 134 Å². The maximum Gasteiger partial charge on any atom is 0.332 e. The second-order valence-electron chi connectivity index (χ2n) is 8.80. The van der Waals surface area contributed by atoms with E-state index in [9.17, 15) is 19.2 Å². The van der Waals surface area contributed by atoms with Gasteiger partial charge >= 0.3 is 11.4 Å². The zero-order chi connectivity index (χ0) is 28.0. The van der Waals surface area contributed by atoms with Gasteiger partial charge in [0.25, 0.3) is 11.1 Å². The van der Waals surface area contributed by atoms with Crippen molar-refractivity contribution in [1.82, 2.24) is 37.8 Å². The molecule has 13 heteroatoms. The number of rotatable bonds is 3. The van der Waals surface area contributed by atoms with Gasteiger partial charge in [-0.15, -0.1) is 0 Å². The van der Waals surface area contributed by atoms with Gasteiger partial charge in [0.2, 0.25) is 0 Å². The normalized spacial score (nSPS) is 10.4. The van der Waals surface area contributed by atoms with E-state index >= 15 is 0 Å². The Hall–Kier alpha value is -3.74. The monoisotopic (exact) mass is 576 g/mol. The zero-order valence-corrected chi connectivity index (χ0v) is 24.0. The summed E-state index contributed by atoms with van der Waals surface area (Å²) in [5.41, 5.74) is 2.75. The molecular weight excluding hydrogens is 544 g/mol. The summed E-state index contributed by atoms with van der Waals surface area (Å²) in [5.74, 6) is 0. The molecule has 0 aliphatic rings. The molecule has 0 amide bonds. The smallest absolute Gasteiger partial charge is 0.332 e. The number of allylic oxidation sites excluding steroid dienone is 4. The van der Waals surface area contributed by atoms with Crippen LogP contribution in [0.3, 0.4) is 0 Å². The number of aryl methyl sites for hydroxylation is 2. The summed E-state index contributed by atoms with van der Waals surface area (Å²) in [5, 5.41) is 0.981. The summed E-state index contributed by atoms with van der Waals surface area (Å²) in [6.45, 7) is 8.73. The molecule has 0 fully saturated rings. The molecule has 4 aromatic rings. The van der Waals surface area contributed by atoms with Crippen molar-refractivity contribution in [2.24, 2.45) is 28.2 Å². The first-order valence-electron chi connectivity index (χ1n) is 11.4. The van der Waals surface area contributed by atoms with Crippen molar-refractivity contribution >= 4 is 38.3 Å². The summed E-state index contributed by atoms with van der Waals surface area (Å²) in [4.78, 5) is 57.4. The van der Waals surface area contributed by atoms with Crippen LogP contribution in [0.4, 0.5) is 0 Å². The molecule has 0 unspecified atom stereocenters. The van der Waals surface area contributed by atoms with Gasteiger partial charge in [0.1, 0.15) is 5.52 Å². The number of alkyl halides is 1. The van der Waals surface area contributed by atoms with E-state index in [1.165, 1.54) is 40.7 Å². The number of imidazole rings is 2. The highest BCUT2D eigenvalue weighted by Gasteiger charge is 2.13. The number of hydrogen-bond acceptors (Lipinski definition) is 6. The molecule has 0 saturated heterocycles.